The van der Waals surface area contributed by atoms with Crippen LogP contribution in [0.3, 0.4) is 0 Å². The molecule has 0 saturated heterocycles. The van der Waals surface area contributed by atoms with Crippen LogP contribution in [0.2, 0.25) is 0 Å². The van der Waals surface area contributed by atoms with Crippen molar-refractivity contribution < 1.29 is 24.5 Å². The molecule has 0 aliphatic carbocycles. The Morgan fingerprint density at radius 1 is 0.385 bits per heavy atom. The number of hydrogen-bond acceptors (Lipinski definition) is 5. The normalized spacial score (nSPS) is 13.0. The summed E-state index contributed by atoms with van der Waals surface area (Å²) in [5, 5.41) is 23.9. The van der Waals surface area contributed by atoms with Crippen molar-refractivity contribution in [2.24, 2.45) is 0 Å². The molecule has 0 fully saturated rings. The molecule has 0 saturated carbocycles. The van der Waals surface area contributed by atoms with Crippen molar-refractivity contribution in [3.8, 4) is 0 Å². The summed E-state index contributed by atoms with van der Waals surface area (Å²) in [6, 6.07) is -0.693. The van der Waals surface area contributed by atoms with Crippen LogP contribution in [0.25, 0.3) is 0 Å². The van der Waals surface area contributed by atoms with Crippen molar-refractivity contribution in [1.29, 1.82) is 0 Å². The maximum Gasteiger partial charge on any atom is 0.306 e. The zero-order valence-corrected chi connectivity index (χ0v) is 44.4. The van der Waals surface area contributed by atoms with Gasteiger partial charge in [-0.1, -0.05) is 303 Å². The first kappa shape index (κ1) is 63.9. The fourth-order valence-corrected chi connectivity index (χ4v) is 9.67. The Morgan fingerprint density at radius 3 is 0.938 bits per heavy atom. The fourth-order valence-electron chi connectivity index (χ4n) is 9.67. The Balaban J connectivity index is 4.49. The molecule has 0 spiro atoms. The van der Waals surface area contributed by atoms with Crippen LogP contribution in [-0.4, -0.2) is 46.9 Å². The molecule has 1 amide bonds. The van der Waals surface area contributed by atoms with E-state index >= 15 is 0 Å². The topological polar surface area (TPSA) is 95.9 Å². The second-order valence-electron chi connectivity index (χ2n) is 20.8. The molecule has 0 aromatic heterocycles. The molecule has 0 aromatic rings. The van der Waals surface area contributed by atoms with Crippen LogP contribution >= 0.6 is 0 Å². The average molecular weight is 921 g/mol. The van der Waals surface area contributed by atoms with Gasteiger partial charge in [0.25, 0.3) is 0 Å². The summed E-state index contributed by atoms with van der Waals surface area (Å²) < 4.78 is 5.98. The van der Waals surface area contributed by atoms with E-state index in [4.69, 9.17) is 4.74 Å². The third kappa shape index (κ3) is 49.1. The summed E-state index contributed by atoms with van der Waals surface area (Å²) in [7, 11) is 0. The maximum absolute atomic E-state index is 13.3. The van der Waals surface area contributed by atoms with Crippen molar-refractivity contribution in [2.45, 2.75) is 360 Å². The average Bonchev–Trinajstić information content (AvgIpc) is 3.30. The lowest BCUT2D eigenvalue weighted by Gasteiger charge is -2.24. The van der Waals surface area contributed by atoms with Gasteiger partial charge >= 0.3 is 5.97 Å². The van der Waals surface area contributed by atoms with Crippen LogP contribution in [0.15, 0.2) is 0 Å². The smallest absolute Gasteiger partial charge is 0.306 e. The lowest BCUT2D eigenvalue weighted by Crippen LogP contribution is -2.46. The number of aliphatic hydroxyl groups is 2. The van der Waals surface area contributed by atoms with Crippen LogP contribution in [0.5, 0.6) is 0 Å². The molecule has 0 bridgehead atoms. The molecule has 0 aromatic carbocycles. The Bertz CT molecular complexity index is 944. The highest BCUT2D eigenvalue weighted by molar-refractivity contribution is 5.77. The van der Waals surface area contributed by atoms with Crippen molar-refractivity contribution in [3.05, 3.63) is 0 Å². The maximum atomic E-state index is 13.3. The second kappa shape index (κ2) is 53.8. The molecule has 0 rings (SSSR count). The SMILES string of the molecule is CCCCCCCCCCCCCCCCCCCC(CC(=O)NC(CO)C(O)CCCCCCCCCCCCCCC)OC(=O)CCCCCCCCCCCCCCCCCC. The van der Waals surface area contributed by atoms with Gasteiger partial charge in [-0.25, -0.2) is 0 Å². The first-order valence-corrected chi connectivity index (χ1v) is 29.8. The highest BCUT2D eigenvalue weighted by Gasteiger charge is 2.24. The van der Waals surface area contributed by atoms with E-state index < -0.39 is 18.2 Å². The molecular weight excluding hydrogens is 803 g/mol. The number of rotatable bonds is 55. The number of ether oxygens (including phenoxy) is 1. The number of unbranched alkanes of at least 4 members (excludes halogenated alkanes) is 43. The van der Waals surface area contributed by atoms with E-state index in [1.54, 1.807) is 0 Å². The lowest BCUT2D eigenvalue weighted by molar-refractivity contribution is -0.151. The molecule has 65 heavy (non-hydrogen) atoms. The molecule has 0 aliphatic heterocycles. The quantitative estimate of drug-likeness (QED) is 0.0417. The second-order valence-corrected chi connectivity index (χ2v) is 20.8. The molecule has 388 valence electrons. The van der Waals surface area contributed by atoms with E-state index in [1.165, 1.54) is 257 Å². The summed E-state index contributed by atoms with van der Waals surface area (Å²) >= 11 is 0. The van der Waals surface area contributed by atoms with E-state index in [0.29, 0.717) is 19.3 Å². The molecule has 3 atom stereocenters. The van der Waals surface area contributed by atoms with Gasteiger partial charge in [-0.05, 0) is 25.7 Å². The van der Waals surface area contributed by atoms with Crippen LogP contribution in [0, 0.1) is 0 Å². The van der Waals surface area contributed by atoms with E-state index in [1.807, 2.05) is 0 Å². The van der Waals surface area contributed by atoms with E-state index in [-0.39, 0.29) is 24.9 Å². The number of nitrogens with one attached hydrogen (secondary N) is 1. The minimum absolute atomic E-state index is 0.0888. The molecule has 6 heteroatoms. The zero-order chi connectivity index (χ0) is 47.4. The first-order chi connectivity index (χ1) is 32.0. The highest BCUT2D eigenvalue weighted by atomic mass is 16.5. The predicted octanol–water partition coefficient (Wildman–Crippen LogP) is 18.3. The van der Waals surface area contributed by atoms with Gasteiger partial charge in [-0.3, -0.25) is 9.59 Å². The predicted molar refractivity (Wildman–Crippen MR) is 283 cm³/mol. The molecule has 0 heterocycles. The Morgan fingerprint density at radius 2 is 0.646 bits per heavy atom. The summed E-state index contributed by atoms with van der Waals surface area (Å²) in [4.78, 5) is 26.3. The number of hydrogen-bond donors (Lipinski definition) is 3. The van der Waals surface area contributed by atoms with Crippen LogP contribution in [0.1, 0.15) is 342 Å². The minimum atomic E-state index is -0.780. The van der Waals surface area contributed by atoms with Gasteiger partial charge in [0.15, 0.2) is 0 Å². The summed E-state index contributed by atoms with van der Waals surface area (Å²) in [5.41, 5.74) is 0. The van der Waals surface area contributed by atoms with Gasteiger partial charge < -0.3 is 20.3 Å². The number of esters is 1. The Labute approximate surface area is 406 Å². The van der Waals surface area contributed by atoms with E-state index in [9.17, 15) is 19.8 Å². The summed E-state index contributed by atoms with van der Waals surface area (Å²) in [6.45, 7) is 6.54. The number of carbonyl (C=O) groups excluding carboxylic acids is 2. The van der Waals surface area contributed by atoms with E-state index in [0.717, 1.165) is 38.5 Å². The van der Waals surface area contributed by atoms with Gasteiger partial charge in [-0.2, -0.15) is 0 Å². The molecule has 0 aliphatic rings. The first-order valence-electron chi connectivity index (χ1n) is 29.8. The number of amides is 1. The molecule has 0 radical (unpaired) electrons. The van der Waals surface area contributed by atoms with Gasteiger partial charge in [0.05, 0.1) is 25.2 Å². The van der Waals surface area contributed by atoms with Crippen molar-refractivity contribution in [3.63, 3.8) is 0 Å². The Hall–Kier alpha value is -1.14. The molecule has 6 nitrogen and oxygen atoms in total. The molecule has 3 unspecified atom stereocenters. The van der Waals surface area contributed by atoms with E-state index in [2.05, 4.69) is 26.1 Å². The molecular formula is C59H117NO5. The van der Waals surface area contributed by atoms with Crippen molar-refractivity contribution in [2.75, 3.05) is 6.61 Å². The van der Waals surface area contributed by atoms with Gasteiger partial charge in [0.2, 0.25) is 5.91 Å². The Kier molecular flexibility index (Phi) is 52.9. The van der Waals surface area contributed by atoms with Gasteiger partial charge in [0.1, 0.15) is 6.10 Å². The third-order valence-corrected chi connectivity index (χ3v) is 14.2. The summed E-state index contributed by atoms with van der Waals surface area (Å²) in [6.07, 6.45) is 60.3. The number of aliphatic hydroxyl groups excluding tert-OH is 2. The van der Waals surface area contributed by atoms with Gasteiger partial charge in [0, 0.05) is 6.42 Å². The fraction of sp³-hybridized carbons (Fsp3) is 0.966. The van der Waals surface area contributed by atoms with Gasteiger partial charge in [-0.15, -0.1) is 0 Å². The third-order valence-electron chi connectivity index (χ3n) is 14.2. The molecule has 3 N–H and O–H groups in total. The summed E-state index contributed by atoms with van der Waals surface area (Å²) in [5.74, 6) is -0.443. The highest BCUT2D eigenvalue weighted by Crippen LogP contribution is 2.20. The number of carbonyl (C=O) groups is 2. The monoisotopic (exact) mass is 920 g/mol. The standard InChI is InChI=1S/C59H117NO5/c1-4-7-10-13-16-19-22-25-27-29-30-33-35-38-41-44-47-50-55(65-59(64)52-49-46-43-40-37-34-31-28-26-23-20-17-14-11-8-5-2)53-58(63)60-56(54-61)57(62)51-48-45-42-39-36-32-24-21-18-15-12-9-6-3/h55-57,61-62H,4-54H2,1-3H3,(H,60,63). The van der Waals surface area contributed by atoms with Crippen LogP contribution in [0.4, 0.5) is 0 Å². The zero-order valence-electron chi connectivity index (χ0n) is 44.4. The minimum Gasteiger partial charge on any atom is -0.462 e. The van der Waals surface area contributed by atoms with Crippen molar-refractivity contribution >= 4 is 11.9 Å². The van der Waals surface area contributed by atoms with Crippen LogP contribution in [-0.2, 0) is 14.3 Å². The van der Waals surface area contributed by atoms with Crippen molar-refractivity contribution in [1.82, 2.24) is 5.32 Å². The lowest BCUT2D eigenvalue weighted by atomic mass is 10.0. The largest absolute Gasteiger partial charge is 0.462 e. The van der Waals surface area contributed by atoms with Crippen LogP contribution < -0.4 is 5.32 Å².